The number of rotatable bonds is 9. The van der Waals surface area contributed by atoms with E-state index in [9.17, 15) is 9.59 Å². The van der Waals surface area contributed by atoms with Crippen molar-refractivity contribution in [3.8, 4) is 5.75 Å². The van der Waals surface area contributed by atoms with Gasteiger partial charge in [0.05, 0.1) is 22.2 Å². The van der Waals surface area contributed by atoms with Gasteiger partial charge in [0.2, 0.25) is 0 Å². The maximum absolute atomic E-state index is 14.3. The summed E-state index contributed by atoms with van der Waals surface area (Å²) in [6.45, 7) is 1.26. The van der Waals surface area contributed by atoms with Gasteiger partial charge in [-0.2, -0.15) is 0 Å². The molecule has 0 amide bonds. The van der Waals surface area contributed by atoms with Crippen LogP contribution >= 0.6 is 0 Å². The maximum Gasteiger partial charge on any atom is 0.263 e. The molecule has 0 aliphatic heterocycles. The van der Waals surface area contributed by atoms with Crippen LogP contribution in [0.4, 0.5) is 0 Å². The molecule has 4 aromatic carbocycles. The molecular weight excluding hydrogens is 524 g/mol. The SMILES string of the molecule is NCCc1cn(C(=O)c2ccc(OCc3ccccc3)cc2C(=O)n2cc(CCN)c3ccccc32)c2ccccc12. The van der Waals surface area contributed by atoms with Gasteiger partial charge >= 0.3 is 0 Å². The Hall–Kier alpha value is -4.98. The van der Waals surface area contributed by atoms with Crippen molar-refractivity contribution >= 4 is 33.6 Å². The van der Waals surface area contributed by atoms with E-state index in [1.165, 1.54) is 0 Å². The third-order valence-electron chi connectivity index (χ3n) is 7.55. The molecule has 0 saturated heterocycles. The van der Waals surface area contributed by atoms with Crippen molar-refractivity contribution in [3.63, 3.8) is 0 Å². The van der Waals surface area contributed by atoms with E-state index in [4.69, 9.17) is 16.2 Å². The molecule has 6 aromatic rings. The summed E-state index contributed by atoms with van der Waals surface area (Å²) in [6, 6.07) is 30.4. The molecule has 0 unspecified atom stereocenters. The van der Waals surface area contributed by atoms with E-state index in [1.54, 1.807) is 27.3 Å². The number of nitrogens with zero attached hydrogens (tertiary/aromatic N) is 2. The standard InChI is InChI=1S/C35H32N4O3/c36-18-16-25-21-38(32-12-6-4-10-28(25)32)34(40)30-15-14-27(42-23-24-8-2-1-3-9-24)20-31(30)35(41)39-22-26(17-19-37)29-11-5-7-13-33(29)39/h1-15,20-22H,16-19,23,36-37H2. The molecule has 6 rings (SSSR count). The zero-order chi connectivity index (χ0) is 29.1. The molecule has 210 valence electrons. The largest absolute Gasteiger partial charge is 0.489 e. The van der Waals surface area contributed by atoms with Crippen molar-refractivity contribution in [1.82, 2.24) is 9.13 Å². The lowest BCUT2D eigenvalue weighted by molar-refractivity contribution is 0.0930. The van der Waals surface area contributed by atoms with E-state index >= 15 is 0 Å². The predicted molar refractivity (Wildman–Crippen MR) is 166 cm³/mol. The smallest absolute Gasteiger partial charge is 0.263 e. The topological polar surface area (TPSA) is 105 Å². The molecule has 0 saturated carbocycles. The molecule has 0 aliphatic carbocycles. The summed E-state index contributed by atoms with van der Waals surface area (Å²) in [6.07, 6.45) is 4.93. The number of aromatic nitrogens is 2. The number of hydrogen-bond donors (Lipinski definition) is 2. The minimum atomic E-state index is -0.318. The fourth-order valence-electron chi connectivity index (χ4n) is 5.52. The van der Waals surface area contributed by atoms with E-state index in [0.717, 1.165) is 38.5 Å². The van der Waals surface area contributed by atoms with Gasteiger partial charge in [-0.15, -0.1) is 0 Å². The lowest BCUT2D eigenvalue weighted by Gasteiger charge is -2.14. The number of nitrogens with two attached hydrogens (primary N) is 2. The normalized spacial score (nSPS) is 11.3. The fourth-order valence-corrected chi connectivity index (χ4v) is 5.52. The van der Waals surface area contributed by atoms with E-state index < -0.39 is 0 Å². The zero-order valence-corrected chi connectivity index (χ0v) is 23.2. The first-order chi connectivity index (χ1) is 20.6. The van der Waals surface area contributed by atoms with Crippen molar-refractivity contribution < 1.29 is 14.3 Å². The Labute approximate surface area is 243 Å². The minimum Gasteiger partial charge on any atom is -0.489 e. The van der Waals surface area contributed by atoms with Gasteiger partial charge in [0, 0.05) is 23.2 Å². The van der Waals surface area contributed by atoms with Crippen LogP contribution in [0.3, 0.4) is 0 Å². The third kappa shape index (κ3) is 5.11. The minimum absolute atomic E-state index is 0.253. The highest BCUT2D eigenvalue weighted by atomic mass is 16.5. The van der Waals surface area contributed by atoms with E-state index in [-0.39, 0.29) is 22.9 Å². The lowest BCUT2D eigenvalue weighted by Crippen LogP contribution is -2.19. The van der Waals surface area contributed by atoms with Gasteiger partial charge in [0.25, 0.3) is 11.8 Å². The highest BCUT2D eigenvalue weighted by molar-refractivity contribution is 6.13. The first kappa shape index (κ1) is 27.2. The number of carbonyl (C=O) groups excluding carboxylic acids is 2. The summed E-state index contributed by atoms with van der Waals surface area (Å²) in [5.41, 5.74) is 16.8. The average molecular weight is 557 g/mol. The Balaban J connectivity index is 1.47. The number of ether oxygens (including phenoxy) is 1. The third-order valence-corrected chi connectivity index (χ3v) is 7.55. The van der Waals surface area contributed by atoms with Gasteiger partial charge in [0.1, 0.15) is 12.4 Å². The Morgan fingerprint density at radius 1 is 0.619 bits per heavy atom. The number of benzene rings is 4. The average Bonchev–Trinajstić information content (AvgIpc) is 3.59. The molecule has 4 N–H and O–H groups in total. The number of carbonyl (C=O) groups is 2. The second-order valence-electron chi connectivity index (χ2n) is 10.3. The summed E-state index contributed by atoms with van der Waals surface area (Å²) in [5, 5.41) is 1.93. The molecule has 0 spiro atoms. The predicted octanol–water partition coefficient (Wildman–Crippen LogP) is 5.55. The molecule has 0 aliphatic rings. The monoisotopic (exact) mass is 556 g/mol. The van der Waals surface area contributed by atoms with Gasteiger partial charge in [-0.25, -0.2) is 0 Å². The van der Waals surface area contributed by atoms with E-state index in [1.807, 2.05) is 91.3 Å². The maximum atomic E-state index is 14.3. The van der Waals surface area contributed by atoms with Crippen molar-refractivity contribution in [2.75, 3.05) is 13.1 Å². The highest BCUT2D eigenvalue weighted by Crippen LogP contribution is 2.28. The fraction of sp³-hybridized carbons (Fsp3) is 0.143. The van der Waals surface area contributed by atoms with Gasteiger partial charge in [-0.05, 0) is 73.0 Å². The van der Waals surface area contributed by atoms with E-state index in [2.05, 4.69) is 0 Å². The van der Waals surface area contributed by atoms with Gasteiger partial charge in [0.15, 0.2) is 0 Å². The first-order valence-corrected chi connectivity index (χ1v) is 14.1. The van der Waals surface area contributed by atoms with Gasteiger partial charge in [-0.1, -0.05) is 66.7 Å². The summed E-state index contributed by atoms with van der Waals surface area (Å²) < 4.78 is 9.31. The number of fused-ring (bicyclic) bond motifs is 2. The van der Waals surface area contributed by atoms with Crippen LogP contribution in [0, 0.1) is 0 Å². The molecular formula is C35H32N4O3. The quantitative estimate of drug-likeness (QED) is 0.243. The van der Waals surface area contributed by atoms with Crippen molar-refractivity contribution in [2.24, 2.45) is 11.5 Å². The van der Waals surface area contributed by atoms with Gasteiger partial charge < -0.3 is 16.2 Å². The first-order valence-electron chi connectivity index (χ1n) is 14.1. The number of hydrogen-bond acceptors (Lipinski definition) is 5. The molecule has 0 bridgehead atoms. The number of para-hydroxylation sites is 2. The second kappa shape index (κ2) is 11.9. The Morgan fingerprint density at radius 3 is 1.71 bits per heavy atom. The lowest BCUT2D eigenvalue weighted by atomic mass is 10.0. The Bertz CT molecular complexity index is 1900. The van der Waals surface area contributed by atoms with Crippen LogP contribution in [0.25, 0.3) is 21.8 Å². The van der Waals surface area contributed by atoms with Crippen molar-refractivity contribution in [1.29, 1.82) is 0 Å². The summed E-state index contributed by atoms with van der Waals surface area (Å²) in [7, 11) is 0. The van der Waals surface area contributed by atoms with Crippen molar-refractivity contribution in [3.05, 3.63) is 137 Å². The molecule has 2 aromatic heterocycles. The van der Waals surface area contributed by atoms with Crippen LogP contribution in [0.15, 0.2) is 109 Å². The van der Waals surface area contributed by atoms with Crippen LogP contribution in [-0.4, -0.2) is 34.0 Å². The second-order valence-corrected chi connectivity index (χ2v) is 10.3. The van der Waals surface area contributed by atoms with Gasteiger partial charge in [-0.3, -0.25) is 18.7 Å². The van der Waals surface area contributed by atoms with Crippen LogP contribution in [0.1, 0.15) is 37.4 Å². The van der Waals surface area contributed by atoms with Crippen LogP contribution in [-0.2, 0) is 19.4 Å². The Morgan fingerprint density at radius 2 is 1.14 bits per heavy atom. The molecule has 0 atom stereocenters. The Kier molecular flexibility index (Phi) is 7.68. The molecule has 7 nitrogen and oxygen atoms in total. The molecule has 7 heteroatoms. The molecule has 42 heavy (non-hydrogen) atoms. The highest BCUT2D eigenvalue weighted by Gasteiger charge is 2.24. The van der Waals surface area contributed by atoms with Crippen LogP contribution in [0.5, 0.6) is 5.75 Å². The summed E-state index contributed by atoms with van der Waals surface area (Å²) in [4.78, 5) is 28.5. The molecule has 0 fully saturated rings. The van der Waals surface area contributed by atoms with Crippen LogP contribution < -0.4 is 16.2 Å². The molecule has 2 heterocycles. The molecule has 0 radical (unpaired) electrons. The van der Waals surface area contributed by atoms with Crippen molar-refractivity contribution in [2.45, 2.75) is 19.4 Å². The summed E-state index contributed by atoms with van der Waals surface area (Å²) in [5.74, 6) is -0.119. The zero-order valence-electron chi connectivity index (χ0n) is 23.2. The van der Waals surface area contributed by atoms with Crippen LogP contribution in [0.2, 0.25) is 0 Å². The summed E-state index contributed by atoms with van der Waals surface area (Å²) >= 11 is 0. The van der Waals surface area contributed by atoms with E-state index in [0.29, 0.717) is 38.3 Å².